The van der Waals surface area contributed by atoms with E-state index >= 15 is 0 Å². The number of carbonyl (C=O) groups is 1. The molecule has 1 saturated heterocycles. The maximum Gasteiger partial charge on any atom is 0.222 e. The van der Waals surface area contributed by atoms with Crippen molar-refractivity contribution in [3.05, 3.63) is 35.6 Å². The normalized spacial score (nSPS) is 17.6. The molecule has 104 valence electrons. The van der Waals surface area contributed by atoms with Gasteiger partial charge in [0.05, 0.1) is 6.04 Å². The second-order valence-corrected chi connectivity index (χ2v) is 4.93. The fourth-order valence-electron chi connectivity index (χ4n) is 2.55. The number of nitrogens with zero attached hydrogens (tertiary/aromatic N) is 1. The Morgan fingerprint density at radius 1 is 1.37 bits per heavy atom. The number of hydrogen-bond donors (Lipinski definition) is 1. The highest BCUT2D eigenvalue weighted by Gasteiger charge is 2.23. The van der Waals surface area contributed by atoms with Gasteiger partial charge in [0.2, 0.25) is 5.91 Å². The lowest BCUT2D eigenvalue weighted by molar-refractivity contribution is -0.133. The van der Waals surface area contributed by atoms with Gasteiger partial charge in [-0.3, -0.25) is 4.79 Å². The molecule has 4 heteroatoms. The minimum atomic E-state index is -0.210. The van der Waals surface area contributed by atoms with Gasteiger partial charge in [0.1, 0.15) is 5.82 Å². The number of halogens is 1. The molecule has 1 heterocycles. The van der Waals surface area contributed by atoms with Crippen LogP contribution in [0.5, 0.6) is 0 Å². The smallest absolute Gasteiger partial charge is 0.222 e. The van der Waals surface area contributed by atoms with Gasteiger partial charge in [0.15, 0.2) is 0 Å². The number of benzene rings is 1. The molecule has 0 radical (unpaired) electrons. The average Bonchev–Trinajstić information content (AvgIpc) is 2.41. The van der Waals surface area contributed by atoms with Crippen molar-refractivity contribution in [2.24, 2.45) is 0 Å². The molecule has 1 N–H and O–H groups in total. The molecule has 0 spiro atoms. The highest BCUT2D eigenvalue weighted by Crippen LogP contribution is 2.20. The first kappa shape index (κ1) is 14.0. The zero-order valence-electron chi connectivity index (χ0n) is 11.4. The van der Waals surface area contributed by atoms with Crippen LogP contribution >= 0.6 is 0 Å². The van der Waals surface area contributed by atoms with Crippen LogP contribution in [-0.4, -0.2) is 30.4 Å². The van der Waals surface area contributed by atoms with Crippen LogP contribution in [0.2, 0.25) is 0 Å². The van der Waals surface area contributed by atoms with E-state index in [0.717, 1.165) is 25.9 Å². The highest BCUT2D eigenvalue weighted by molar-refractivity contribution is 5.76. The van der Waals surface area contributed by atoms with Crippen LogP contribution in [0, 0.1) is 5.82 Å². The van der Waals surface area contributed by atoms with Crippen LogP contribution in [0.3, 0.4) is 0 Å². The van der Waals surface area contributed by atoms with E-state index in [1.165, 1.54) is 6.07 Å². The molecule has 19 heavy (non-hydrogen) atoms. The summed E-state index contributed by atoms with van der Waals surface area (Å²) in [4.78, 5) is 13.7. The molecule has 1 atom stereocenters. The van der Waals surface area contributed by atoms with Crippen molar-refractivity contribution in [1.29, 1.82) is 0 Å². The molecule has 1 amide bonds. The molecule has 1 unspecified atom stereocenters. The van der Waals surface area contributed by atoms with E-state index in [0.29, 0.717) is 18.5 Å². The molecular formula is C15H21FN2O. The lowest BCUT2D eigenvalue weighted by Gasteiger charge is -2.31. The minimum Gasteiger partial charge on any atom is -0.341 e. The number of likely N-dealkylation sites (N-methyl/N-ethyl adjacent to an activating group) is 1. The number of piperidine rings is 1. The van der Waals surface area contributed by atoms with Crippen LogP contribution in [0.1, 0.15) is 37.8 Å². The molecule has 1 fully saturated rings. The van der Waals surface area contributed by atoms with Gasteiger partial charge < -0.3 is 10.2 Å². The molecule has 0 bridgehead atoms. The van der Waals surface area contributed by atoms with Gasteiger partial charge in [-0.2, -0.15) is 0 Å². The Kier molecular flexibility index (Phi) is 4.91. The molecule has 0 saturated carbocycles. The van der Waals surface area contributed by atoms with Crippen molar-refractivity contribution in [1.82, 2.24) is 10.2 Å². The number of rotatable bonds is 5. The largest absolute Gasteiger partial charge is 0.341 e. The van der Waals surface area contributed by atoms with Crippen molar-refractivity contribution < 1.29 is 9.18 Å². The summed E-state index contributed by atoms with van der Waals surface area (Å²) in [6.45, 7) is 4.08. The van der Waals surface area contributed by atoms with E-state index in [1.807, 2.05) is 17.9 Å². The summed E-state index contributed by atoms with van der Waals surface area (Å²) < 4.78 is 13.9. The van der Waals surface area contributed by atoms with E-state index < -0.39 is 0 Å². The standard InChI is InChI=1S/C15H21FN2O/c1-2-17-14(12-7-3-4-8-13(12)16)11-18-10-6-5-9-15(18)19/h3-4,7-8,14,17H,2,5-6,9-11H2,1H3. The van der Waals surface area contributed by atoms with Crippen molar-refractivity contribution in [3.8, 4) is 0 Å². The molecule has 1 aromatic carbocycles. The molecule has 2 rings (SSSR count). The Morgan fingerprint density at radius 3 is 2.84 bits per heavy atom. The fraction of sp³-hybridized carbons (Fsp3) is 0.533. The summed E-state index contributed by atoms with van der Waals surface area (Å²) in [5.74, 6) is -0.0246. The topological polar surface area (TPSA) is 32.3 Å². The van der Waals surface area contributed by atoms with E-state index in [9.17, 15) is 9.18 Å². The number of carbonyl (C=O) groups excluding carboxylic acids is 1. The molecule has 1 aliphatic rings. The van der Waals surface area contributed by atoms with Gasteiger partial charge in [-0.1, -0.05) is 25.1 Å². The van der Waals surface area contributed by atoms with Crippen molar-refractivity contribution in [2.45, 2.75) is 32.2 Å². The number of hydrogen-bond acceptors (Lipinski definition) is 2. The van der Waals surface area contributed by atoms with Gasteiger partial charge in [-0.05, 0) is 25.5 Å². The summed E-state index contributed by atoms with van der Waals surface area (Å²) in [6.07, 6.45) is 2.64. The second-order valence-electron chi connectivity index (χ2n) is 4.93. The SMILES string of the molecule is CCNC(CN1CCCCC1=O)c1ccccc1F. The summed E-state index contributed by atoms with van der Waals surface area (Å²) in [5, 5.41) is 3.27. The van der Waals surface area contributed by atoms with E-state index in [4.69, 9.17) is 0 Å². The zero-order valence-corrected chi connectivity index (χ0v) is 11.4. The maximum atomic E-state index is 13.9. The molecule has 1 aromatic rings. The fourth-order valence-corrected chi connectivity index (χ4v) is 2.55. The minimum absolute atomic E-state index is 0.131. The monoisotopic (exact) mass is 264 g/mol. The second kappa shape index (κ2) is 6.66. The molecule has 1 aliphatic heterocycles. The van der Waals surface area contributed by atoms with Gasteiger partial charge >= 0.3 is 0 Å². The Hall–Kier alpha value is -1.42. The third-order valence-corrected chi connectivity index (χ3v) is 3.56. The molecule has 3 nitrogen and oxygen atoms in total. The van der Waals surface area contributed by atoms with Crippen LogP contribution < -0.4 is 5.32 Å². The van der Waals surface area contributed by atoms with Crippen LogP contribution in [0.25, 0.3) is 0 Å². The van der Waals surface area contributed by atoms with Crippen LogP contribution in [0.4, 0.5) is 4.39 Å². The van der Waals surface area contributed by atoms with Gasteiger partial charge in [0, 0.05) is 25.1 Å². The maximum absolute atomic E-state index is 13.9. The summed E-state index contributed by atoms with van der Waals surface area (Å²) in [6, 6.07) is 6.65. The predicted octanol–water partition coefficient (Wildman–Crippen LogP) is 2.49. The lowest BCUT2D eigenvalue weighted by atomic mass is 10.0. The highest BCUT2D eigenvalue weighted by atomic mass is 19.1. The lowest BCUT2D eigenvalue weighted by Crippen LogP contribution is -2.41. The third-order valence-electron chi connectivity index (χ3n) is 3.56. The molecule has 0 aromatic heterocycles. The molecule has 0 aliphatic carbocycles. The Balaban J connectivity index is 2.11. The quantitative estimate of drug-likeness (QED) is 0.886. The summed E-state index contributed by atoms with van der Waals surface area (Å²) in [5.41, 5.74) is 0.641. The van der Waals surface area contributed by atoms with Gasteiger partial charge in [-0.25, -0.2) is 4.39 Å². The Morgan fingerprint density at radius 2 is 2.16 bits per heavy atom. The predicted molar refractivity (Wildman–Crippen MR) is 73.2 cm³/mol. The Labute approximate surface area is 113 Å². The van der Waals surface area contributed by atoms with Gasteiger partial charge in [-0.15, -0.1) is 0 Å². The Bertz CT molecular complexity index is 436. The number of nitrogens with one attached hydrogen (secondary N) is 1. The van der Waals surface area contributed by atoms with E-state index in [1.54, 1.807) is 12.1 Å². The van der Waals surface area contributed by atoms with Crippen LogP contribution in [-0.2, 0) is 4.79 Å². The summed E-state index contributed by atoms with van der Waals surface area (Å²) in [7, 11) is 0. The third kappa shape index (κ3) is 3.53. The zero-order chi connectivity index (χ0) is 13.7. The van der Waals surface area contributed by atoms with Gasteiger partial charge in [0.25, 0.3) is 0 Å². The molecular weight excluding hydrogens is 243 g/mol. The van der Waals surface area contributed by atoms with Crippen LogP contribution in [0.15, 0.2) is 24.3 Å². The van der Waals surface area contributed by atoms with Crippen molar-refractivity contribution >= 4 is 5.91 Å². The van der Waals surface area contributed by atoms with Crippen molar-refractivity contribution in [2.75, 3.05) is 19.6 Å². The summed E-state index contributed by atoms with van der Waals surface area (Å²) >= 11 is 0. The first-order valence-corrected chi connectivity index (χ1v) is 6.98. The first-order valence-electron chi connectivity index (χ1n) is 6.98. The first-order chi connectivity index (χ1) is 9.22. The van der Waals surface area contributed by atoms with E-state index in [-0.39, 0.29) is 17.8 Å². The average molecular weight is 264 g/mol. The van der Waals surface area contributed by atoms with Crippen molar-refractivity contribution in [3.63, 3.8) is 0 Å². The number of amides is 1. The number of likely N-dealkylation sites (tertiary alicyclic amines) is 1. The van der Waals surface area contributed by atoms with E-state index in [2.05, 4.69) is 5.32 Å².